The first-order chi connectivity index (χ1) is 16.5. The Bertz CT molecular complexity index is 1170. The van der Waals surface area contributed by atoms with E-state index in [0.717, 1.165) is 51.2 Å². The highest BCUT2D eigenvalue weighted by molar-refractivity contribution is 7.90. The molecule has 3 heterocycles. The number of sulfonamides is 1. The number of anilines is 1. The second-order valence-electron chi connectivity index (χ2n) is 8.92. The largest absolute Gasteiger partial charge is 0.492 e. The van der Waals surface area contributed by atoms with Crippen molar-refractivity contribution in [2.75, 3.05) is 50.8 Å². The molecule has 3 aliphatic rings. The summed E-state index contributed by atoms with van der Waals surface area (Å²) in [5.74, 6) is 1.34. The number of hydrogen-bond acceptors (Lipinski definition) is 6. The van der Waals surface area contributed by atoms with Crippen molar-refractivity contribution in [3.8, 4) is 5.75 Å². The number of ether oxygens (including phenoxy) is 1. The molecule has 0 atom stereocenters. The van der Waals surface area contributed by atoms with Crippen LogP contribution in [0.15, 0.2) is 57.8 Å². The zero-order valence-electron chi connectivity index (χ0n) is 19.2. The lowest BCUT2D eigenvalue weighted by Crippen LogP contribution is -2.49. The van der Waals surface area contributed by atoms with Gasteiger partial charge in [-0.2, -0.15) is 8.42 Å². The zero-order chi connectivity index (χ0) is 23.5. The molecule has 0 saturated carbocycles. The first-order valence-electron chi connectivity index (χ1n) is 12.0. The lowest BCUT2D eigenvalue weighted by atomic mass is 10.1. The van der Waals surface area contributed by atoms with E-state index in [-0.39, 0.29) is 10.8 Å². The Kier molecular flexibility index (Phi) is 6.56. The van der Waals surface area contributed by atoms with Gasteiger partial charge in [0.05, 0.1) is 5.69 Å². The number of rotatable bonds is 5. The molecule has 5 rings (SSSR count). The quantitative estimate of drug-likeness (QED) is 0.652. The van der Waals surface area contributed by atoms with Gasteiger partial charge in [-0.25, -0.2) is 0 Å². The summed E-state index contributed by atoms with van der Waals surface area (Å²) in [5.41, 5.74) is 1.04. The lowest BCUT2D eigenvalue weighted by molar-refractivity contribution is 0.0620. The van der Waals surface area contributed by atoms with Crippen LogP contribution in [0.3, 0.4) is 0 Å². The van der Waals surface area contributed by atoms with Crippen LogP contribution < -0.4 is 9.64 Å². The summed E-state index contributed by atoms with van der Waals surface area (Å²) < 4.78 is 35.6. The van der Waals surface area contributed by atoms with Crippen LogP contribution in [0.5, 0.6) is 5.75 Å². The molecule has 9 heteroatoms. The van der Waals surface area contributed by atoms with Crippen molar-refractivity contribution in [2.24, 2.45) is 4.40 Å². The van der Waals surface area contributed by atoms with Crippen LogP contribution in [-0.2, 0) is 10.0 Å². The van der Waals surface area contributed by atoms with Crippen molar-refractivity contribution >= 4 is 27.5 Å². The van der Waals surface area contributed by atoms with Gasteiger partial charge in [0.1, 0.15) is 23.1 Å². The van der Waals surface area contributed by atoms with E-state index in [4.69, 9.17) is 4.74 Å². The molecule has 0 bridgehead atoms. The summed E-state index contributed by atoms with van der Waals surface area (Å²) in [4.78, 5) is 19.4. The number of amidine groups is 1. The fourth-order valence-corrected chi connectivity index (χ4v) is 6.06. The van der Waals surface area contributed by atoms with Crippen LogP contribution in [0.2, 0.25) is 0 Å². The van der Waals surface area contributed by atoms with Crippen LogP contribution in [0, 0.1) is 0 Å². The maximum absolute atomic E-state index is 13.2. The minimum atomic E-state index is -3.80. The van der Waals surface area contributed by atoms with Gasteiger partial charge in [-0.15, -0.1) is 4.40 Å². The summed E-state index contributed by atoms with van der Waals surface area (Å²) in [7, 11) is -3.80. The Hall–Kier alpha value is -2.91. The molecule has 0 radical (unpaired) electrons. The molecule has 2 fully saturated rings. The van der Waals surface area contributed by atoms with Gasteiger partial charge in [0.15, 0.2) is 0 Å². The highest BCUT2D eigenvalue weighted by Gasteiger charge is 2.33. The Labute approximate surface area is 200 Å². The van der Waals surface area contributed by atoms with E-state index in [1.165, 1.54) is 6.07 Å². The van der Waals surface area contributed by atoms with Gasteiger partial charge < -0.3 is 14.5 Å². The minimum absolute atomic E-state index is 0.135. The van der Waals surface area contributed by atoms with Crippen LogP contribution in [0.4, 0.5) is 5.69 Å². The number of para-hydroxylation sites is 1. The molecule has 1 amide bonds. The van der Waals surface area contributed by atoms with Gasteiger partial charge in [0.25, 0.3) is 15.9 Å². The highest BCUT2D eigenvalue weighted by atomic mass is 32.2. The van der Waals surface area contributed by atoms with Crippen molar-refractivity contribution in [1.29, 1.82) is 0 Å². The first-order valence-corrected chi connectivity index (χ1v) is 13.4. The molecule has 0 aromatic heterocycles. The molecule has 0 spiro atoms. The van der Waals surface area contributed by atoms with Crippen LogP contribution in [0.1, 0.15) is 36.0 Å². The average Bonchev–Trinajstić information content (AvgIpc) is 3.09. The molecule has 180 valence electrons. The summed E-state index contributed by atoms with van der Waals surface area (Å²) in [6, 6.07) is 14.8. The fourth-order valence-electron chi connectivity index (χ4n) is 4.78. The lowest BCUT2D eigenvalue weighted by Gasteiger charge is -2.35. The van der Waals surface area contributed by atoms with Crippen LogP contribution in [0.25, 0.3) is 0 Å². The maximum Gasteiger partial charge on any atom is 0.286 e. The Morgan fingerprint density at radius 1 is 0.941 bits per heavy atom. The smallest absolute Gasteiger partial charge is 0.286 e. The van der Waals surface area contributed by atoms with E-state index < -0.39 is 10.0 Å². The number of fused-ring (bicyclic) bond motifs is 3. The first kappa shape index (κ1) is 22.9. The SMILES string of the molecule is O=C(c1ccc2c(c1)S(=O)(=O)N=C1CCCCCN12)N1CCN(CCOc2ccccc2)CC1. The number of carbonyl (C=O) groups excluding carboxylic acids is 1. The average molecular weight is 483 g/mol. The zero-order valence-corrected chi connectivity index (χ0v) is 20.0. The predicted molar refractivity (Wildman–Crippen MR) is 131 cm³/mol. The topological polar surface area (TPSA) is 82.5 Å². The molecule has 8 nitrogen and oxygen atoms in total. The van der Waals surface area contributed by atoms with E-state index in [1.807, 2.05) is 35.2 Å². The van der Waals surface area contributed by atoms with E-state index in [1.54, 1.807) is 17.0 Å². The van der Waals surface area contributed by atoms with E-state index in [2.05, 4.69) is 9.30 Å². The molecule has 3 aliphatic heterocycles. The number of benzene rings is 2. The number of amides is 1. The van der Waals surface area contributed by atoms with Crippen LogP contribution >= 0.6 is 0 Å². The number of piperazine rings is 1. The summed E-state index contributed by atoms with van der Waals surface area (Å²) in [6.07, 6.45) is 3.67. The Balaban J connectivity index is 1.22. The van der Waals surface area contributed by atoms with Gasteiger partial charge in [-0.3, -0.25) is 9.69 Å². The van der Waals surface area contributed by atoms with Crippen molar-refractivity contribution in [3.05, 3.63) is 54.1 Å². The number of carbonyl (C=O) groups is 1. The maximum atomic E-state index is 13.2. The minimum Gasteiger partial charge on any atom is -0.492 e. The third-order valence-electron chi connectivity index (χ3n) is 6.67. The molecule has 0 unspecified atom stereocenters. The molecule has 0 aliphatic carbocycles. The standard InChI is InChI=1S/C25H30N4O4S/c30-25(28-15-13-27(14-16-28)17-18-33-21-7-3-1-4-8-21)20-10-11-22-23(19-20)34(31,32)26-24-9-5-2-6-12-29(22)24/h1,3-4,7-8,10-11,19H,2,5-6,9,12-18H2. The molecule has 34 heavy (non-hydrogen) atoms. The third kappa shape index (κ3) is 4.81. The fraction of sp³-hybridized carbons (Fsp3) is 0.440. The van der Waals surface area contributed by atoms with Gasteiger partial charge >= 0.3 is 0 Å². The van der Waals surface area contributed by atoms with Crippen molar-refractivity contribution < 1.29 is 17.9 Å². The van der Waals surface area contributed by atoms with Crippen LogP contribution in [-0.4, -0.2) is 75.8 Å². The van der Waals surface area contributed by atoms with Gasteiger partial charge in [-0.1, -0.05) is 24.6 Å². The van der Waals surface area contributed by atoms with E-state index >= 15 is 0 Å². The van der Waals surface area contributed by atoms with Gasteiger partial charge in [-0.05, 0) is 43.2 Å². The van der Waals surface area contributed by atoms with Crippen molar-refractivity contribution in [3.63, 3.8) is 0 Å². The third-order valence-corrected chi connectivity index (χ3v) is 8.01. The number of nitrogens with zero attached hydrogens (tertiary/aromatic N) is 4. The summed E-state index contributed by atoms with van der Waals surface area (Å²) in [6.45, 7) is 4.86. The Morgan fingerprint density at radius 2 is 1.74 bits per heavy atom. The monoisotopic (exact) mass is 482 g/mol. The number of hydrogen-bond donors (Lipinski definition) is 0. The highest BCUT2D eigenvalue weighted by Crippen LogP contribution is 2.35. The second-order valence-corrected chi connectivity index (χ2v) is 10.5. The molecule has 0 N–H and O–H groups in total. The molecule has 2 aromatic rings. The molecular formula is C25H30N4O4S. The Morgan fingerprint density at radius 3 is 2.53 bits per heavy atom. The summed E-state index contributed by atoms with van der Waals surface area (Å²) >= 11 is 0. The summed E-state index contributed by atoms with van der Waals surface area (Å²) in [5, 5.41) is 0. The van der Waals surface area contributed by atoms with Crippen molar-refractivity contribution in [2.45, 2.75) is 30.6 Å². The molecular weight excluding hydrogens is 452 g/mol. The predicted octanol–water partition coefficient (Wildman–Crippen LogP) is 3.00. The van der Waals surface area contributed by atoms with Gasteiger partial charge in [0.2, 0.25) is 0 Å². The van der Waals surface area contributed by atoms with Gasteiger partial charge in [0, 0.05) is 51.3 Å². The normalized spacial score (nSPS) is 20.1. The molecule has 2 aromatic carbocycles. The molecule has 2 saturated heterocycles. The van der Waals surface area contributed by atoms with E-state index in [9.17, 15) is 13.2 Å². The van der Waals surface area contributed by atoms with E-state index in [0.29, 0.717) is 43.2 Å². The van der Waals surface area contributed by atoms with Crippen molar-refractivity contribution in [1.82, 2.24) is 9.80 Å². The second kappa shape index (κ2) is 9.76.